The average molecular weight is 623 g/mol. The second-order valence-corrected chi connectivity index (χ2v) is 11.4. The maximum absolute atomic E-state index is 13.5. The van der Waals surface area contributed by atoms with Gasteiger partial charge < -0.3 is 49.6 Å². The Balaban J connectivity index is 1.34. The standard InChI is InChI=1S/C31H38N6O8/c1-17-13-37(18(2)15-38)28(39)11-21-10-22(32-30(40)34-29-19(3)35-45-20(29)4)6-8-24(21)44-27(17)14-36(5)31(41)33-23-7-9-25-26(12-23)43-16-42-25/h6-10,12,17-18,27,38H,11,13-16H2,1-5H3,(H,33,41)(H2,32,34,40)/t17-,18+,27+/m0/s1. The van der Waals surface area contributed by atoms with Crippen molar-refractivity contribution < 1.29 is 38.2 Å². The van der Waals surface area contributed by atoms with Crippen molar-refractivity contribution in [1.29, 1.82) is 0 Å². The summed E-state index contributed by atoms with van der Waals surface area (Å²) in [6.45, 7) is 7.57. The van der Waals surface area contributed by atoms with Gasteiger partial charge in [0, 0.05) is 42.5 Å². The SMILES string of the molecule is Cc1noc(C)c1NC(=O)Nc1ccc2c(c1)CC(=O)N([C@H](C)CO)C[C@H](C)[C@@H](CN(C)C(=O)Nc1ccc3c(c1)OCO3)O2. The van der Waals surface area contributed by atoms with E-state index in [1.165, 1.54) is 4.90 Å². The summed E-state index contributed by atoms with van der Waals surface area (Å²) in [7, 11) is 1.66. The molecule has 5 amide bonds. The predicted octanol–water partition coefficient (Wildman–Crippen LogP) is 3.98. The molecule has 5 rings (SSSR count). The van der Waals surface area contributed by atoms with Crippen LogP contribution in [-0.2, 0) is 11.2 Å². The molecule has 2 aliphatic rings. The van der Waals surface area contributed by atoms with Crippen LogP contribution in [0, 0.1) is 19.8 Å². The van der Waals surface area contributed by atoms with Gasteiger partial charge in [0.05, 0.1) is 25.6 Å². The van der Waals surface area contributed by atoms with Crippen molar-refractivity contribution in [3.63, 3.8) is 0 Å². The number of hydrogen-bond acceptors (Lipinski definition) is 9. The minimum atomic E-state index is -0.516. The van der Waals surface area contributed by atoms with Crippen LogP contribution in [0.5, 0.6) is 17.2 Å². The van der Waals surface area contributed by atoms with Crippen molar-refractivity contribution in [2.75, 3.05) is 49.5 Å². The molecular formula is C31H38N6O8. The number of aliphatic hydroxyl groups is 1. The first-order valence-corrected chi connectivity index (χ1v) is 14.6. The third kappa shape index (κ3) is 7.23. The van der Waals surface area contributed by atoms with Crippen LogP contribution in [0.15, 0.2) is 40.9 Å². The fraction of sp³-hybridized carbons (Fsp3) is 0.419. The molecule has 3 atom stereocenters. The molecule has 3 aromatic rings. The average Bonchev–Trinajstić information content (AvgIpc) is 3.61. The quantitative estimate of drug-likeness (QED) is 0.305. The lowest BCUT2D eigenvalue weighted by Crippen LogP contribution is -2.48. The molecule has 240 valence electrons. The van der Waals surface area contributed by atoms with Crippen LogP contribution < -0.4 is 30.2 Å². The molecule has 45 heavy (non-hydrogen) atoms. The number of nitrogens with one attached hydrogen (secondary N) is 3. The minimum absolute atomic E-state index is 0.0133. The zero-order valence-electron chi connectivity index (χ0n) is 25.9. The molecular weight excluding hydrogens is 584 g/mol. The summed E-state index contributed by atoms with van der Waals surface area (Å²) in [4.78, 5) is 42.6. The first kappa shape index (κ1) is 31.4. The van der Waals surface area contributed by atoms with E-state index in [-0.39, 0.29) is 44.2 Å². The number of rotatable bonds is 7. The van der Waals surface area contributed by atoms with Gasteiger partial charge in [-0.25, -0.2) is 9.59 Å². The lowest BCUT2D eigenvalue weighted by Gasteiger charge is -2.34. The number of aromatic nitrogens is 1. The first-order valence-electron chi connectivity index (χ1n) is 14.6. The maximum Gasteiger partial charge on any atom is 0.323 e. The summed E-state index contributed by atoms with van der Waals surface area (Å²) in [5.41, 5.74) is 2.57. The maximum atomic E-state index is 13.5. The molecule has 14 nitrogen and oxygen atoms in total. The van der Waals surface area contributed by atoms with Crippen LogP contribution in [0.4, 0.5) is 26.7 Å². The molecule has 2 aliphatic heterocycles. The molecule has 1 aromatic heterocycles. The fourth-order valence-electron chi connectivity index (χ4n) is 5.21. The van der Waals surface area contributed by atoms with Gasteiger partial charge in [-0.1, -0.05) is 12.1 Å². The summed E-state index contributed by atoms with van der Waals surface area (Å²) in [6, 6.07) is 8.93. The van der Waals surface area contributed by atoms with E-state index >= 15 is 0 Å². The lowest BCUT2D eigenvalue weighted by atomic mass is 10.0. The van der Waals surface area contributed by atoms with Crippen LogP contribution in [0.1, 0.15) is 30.9 Å². The number of hydrogen-bond donors (Lipinski definition) is 4. The van der Waals surface area contributed by atoms with Gasteiger partial charge in [-0.3, -0.25) is 4.79 Å². The van der Waals surface area contributed by atoms with Crippen LogP contribution in [0.2, 0.25) is 0 Å². The van der Waals surface area contributed by atoms with E-state index in [2.05, 4.69) is 21.1 Å². The van der Waals surface area contributed by atoms with Crippen LogP contribution >= 0.6 is 0 Å². The number of aliphatic hydroxyl groups excluding tert-OH is 1. The van der Waals surface area contributed by atoms with E-state index in [9.17, 15) is 19.5 Å². The highest BCUT2D eigenvalue weighted by Crippen LogP contribution is 2.34. The van der Waals surface area contributed by atoms with Crippen molar-refractivity contribution in [2.45, 2.75) is 46.3 Å². The Kier molecular flexibility index (Phi) is 9.32. The van der Waals surface area contributed by atoms with E-state index in [0.29, 0.717) is 57.9 Å². The highest BCUT2D eigenvalue weighted by atomic mass is 16.7. The molecule has 0 unspecified atom stereocenters. The number of fused-ring (bicyclic) bond motifs is 2. The Labute approximate surface area is 260 Å². The van der Waals surface area contributed by atoms with E-state index in [4.69, 9.17) is 18.7 Å². The second-order valence-electron chi connectivity index (χ2n) is 11.4. The minimum Gasteiger partial charge on any atom is -0.488 e. The van der Waals surface area contributed by atoms with Gasteiger partial charge in [-0.2, -0.15) is 0 Å². The smallest absolute Gasteiger partial charge is 0.323 e. The summed E-state index contributed by atoms with van der Waals surface area (Å²) >= 11 is 0. The van der Waals surface area contributed by atoms with E-state index < -0.39 is 18.2 Å². The summed E-state index contributed by atoms with van der Waals surface area (Å²) < 4.78 is 22.4. The zero-order chi connectivity index (χ0) is 32.2. The highest BCUT2D eigenvalue weighted by molar-refractivity contribution is 6.00. The van der Waals surface area contributed by atoms with Gasteiger partial charge in [0.15, 0.2) is 17.3 Å². The normalized spacial score (nSPS) is 18.1. The molecule has 4 N–H and O–H groups in total. The van der Waals surface area contributed by atoms with Crippen molar-refractivity contribution in [3.05, 3.63) is 53.4 Å². The number of carbonyl (C=O) groups excluding carboxylic acids is 3. The van der Waals surface area contributed by atoms with Gasteiger partial charge in [-0.05, 0) is 51.1 Å². The predicted molar refractivity (Wildman–Crippen MR) is 165 cm³/mol. The third-order valence-electron chi connectivity index (χ3n) is 7.87. The monoisotopic (exact) mass is 622 g/mol. The van der Waals surface area contributed by atoms with Crippen LogP contribution in [0.3, 0.4) is 0 Å². The van der Waals surface area contributed by atoms with Crippen LogP contribution in [0.25, 0.3) is 0 Å². The molecule has 0 spiro atoms. The molecule has 0 aliphatic carbocycles. The Morgan fingerprint density at radius 1 is 1.07 bits per heavy atom. The molecule has 2 aromatic carbocycles. The number of likely N-dealkylation sites (N-methyl/N-ethyl adjacent to an activating group) is 1. The van der Waals surface area contributed by atoms with E-state index in [1.807, 2.05) is 6.92 Å². The largest absolute Gasteiger partial charge is 0.488 e. The fourth-order valence-corrected chi connectivity index (χ4v) is 5.21. The first-order chi connectivity index (χ1) is 21.5. The Bertz CT molecular complexity index is 1560. The Morgan fingerprint density at radius 3 is 2.49 bits per heavy atom. The Hall–Kier alpha value is -4.98. The summed E-state index contributed by atoms with van der Waals surface area (Å²) in [6.07, 6.45) is -0.530. The van der Waals surface area contributed by atoms with Crippen molar-refractivity contribution in [1.82, 2.24) is 15.0 Å². The van der Waals surface area contributed by atoms with Crippen molar-refractivity contribution >= 4 is 35.0 Å². The number of nitrogens with zero attached hydrogens (tertiary/aromatic N) is 3. The number of carbonyl (C=O) groups is 3. The summed E-state index contributed by atoms with van der Waals surface area (Å²) in [5, 5.41) is 22.2. The summed E-state index contributed by atoms with van der Waals surface area (Å²) in [5.74, 6) is 1.69. The molecule has 3 heterocycles. The number of anilines is 3. The highest BCUT2D eigenvalue weighted by Gasteiger charge is 2.32. The number of amides is 5. The van der Waals surface area contributed by atoms with Crippen LogP contribution in [-0.4, -0.2) is 83.7 Å². The number of ether oxygens (including phenoxy) is 3. The topological polar surface area (TPSA) is 168 Å². The van der Waals surface area contributed by atoms with Gasteiger partial charge in [0.1, 0.15) is 23.2 Å². The van der Waals surface area contributed by atoms with Crippen molar-refractivity contribution in [2.24, 2.45) is 5.92 Å². The van der Waals surface area contributed by atoms with Gasteiger partial charge >= 0.3 is 12.1 Å². The number of urea groups is 2. The van der Waals surface area contributed by atoms with E-state index in [1.54, 1.807) is 69.1 Å². The molecule has 0 saturated carbocycles. The number of aryl methyl sites for hydroxylation is 2. The van der Waals surface area contributed by atoms with E-state index in [0.717, 1.165) is 0 Å². The molecule has 0 radical (unpaired) electrons. The molecule has 0 bridgehead atoms. The molecule has 14 heteroatoms. The molecule has 0 fully saturated rings. The number of benzene rings is 2. The van der Waals surface area contributed by atoms with Gasteiger partial charge in [0.25, 0.3) is 0 Å². The van der Waals surface area contributed by atoms with Gasteiger partial charge in [0.2, 0.25) is 12.7 Å². The van der Waals surface area contributed by atoms with Crippen molar-refractivity contribution in [3.8, 4) is 17.2 Å². The zero-order valence-corrected chi connectivity index (χ0v) is 25.9. The molecule has 0 saturated heterocycles. The lowest BCUT2D eigenvalue weighted by molar-refractivity contribution is -0.134. The second kappa shape index (κ2) is 13.3. The van der Waals surface area contributed by atoms with Gasteiger partial charge in [-0.15, -0.1) is 0 Å². The third-order valence-corrected chi connectivity index (χ3v) is 7.87. The Morgan fingerprint density at radius 2 is 1.78 bits per heavy atom.